The third kappa shape index (κ3) is 1.50. The van der Waals surface area contributed by atoms with Gasteiger partial charge >= 0.3 is 0 Å². The number of hydrogen-bond acceptors (Lipinski definition) is 4. The first-order valence-corrected chi connectivity index (χ1v) is 3.15. The molecule has 0 aliphatic rings. The molecule has 0 unspecified atom stereocenters. The van der Waals surface area contributed by atoms with Crippen LogP contribution in [0.15, 0.2) is 0 Å². The van der Waals surface area contributed by atoms with Gasteiger partial charge < -0.3 is 19.9 Å². The van der Waals surface area contributed by atoms with Crippen LogP contribution in [0.2, 0.25) is 0 Å². The normalized spacial score (nSPS) is 10.1. The molecule has 5 nitrogen and oxygen atoms in total. The summed E-state index contributed by atoms with van der Waals surface area (Å²) in [5, 5.41) is 17.4. The number of ether oxygens (including phenoxy) is 1. The minimum absolute atomic E-state index is 0.174. The van der Waals surface area contributed by atoms with Gasteiger partial charge in [0.05, 0.1) is 31.7 Å². The number of nitrogens with zero attached hydrogens (tertiary/aromatic N) is 1. The molecule has 0 radical (unpaired) electrons. The summed E-state index contributed by atoms with van der Waals surface area (Å²) >= 11 is 0. The molecule has 0 atom stereocenters. The molecule has 0 aliphatic carbocycles. The van der Waals surface area contributed by atoms with E-state index >= 15 is 0 Å². The number of rotatable bonds is 3. The molecule has 0 amide bonds. The second-order valence-electron chi connectivity index (χ2n) is 1.99. The summed E-state index contributed by atoms with van der Waals surface area (Å²) in [6, 6.07) is 0.304. The highest BCUT2D eigenvalue weighted by Gasteiger charge is 2.07. The summed E-state index contributed by atoms with van der Waals surface area (Å²) in [6.45, 7) is -0.373. The van der Waals surface area contributed by atoms with Crippen LogP contribution in [0.4, 0.5) is 0 Å². The number of aromatic amines is 1. The Bertz CT molecular complexity index is 212. The molecule has 0 aliphatic heterocycles. The minimum Gasteiger partial charge on any atom is -0.468 e. The molecule has 0 saturated carbocycles. The fraction of sp³-hybridized carbons (Fsp3) is 0.500. The third-order valence-corrected chi connectivity index (χ3v) is 1.34. The quantitative estimate of drug-likeness (QED) is 0.549. The number of methoxy groups -OCH3 is 1. The largest absolute Gasteiger partial charge is 0.468 e. The first kappa shape index (κ1) is 8.03. The van der Waals surface area contributed by atoms with Crippen molar-refractivity contribution >= 4 is 0 Å². The molecule has 0 spiro atoms. The molecule has 0 aromatic carbocycles. The van der Waals surface area contributed by atoms with Gasteiger partial charge in [-0.3, -0.25) is 0 Å². The third-order valence-electron chi connectivity index (χ3n) is 1.34. The average molecular weight is 158 g/mol. The van der Waals surface area contributed by atoms with Crippen LogP contribution < -0.4 is 4.74 Å². The highest BCUT2D eigenvalue weighted by atomic mass is 16.5. The first-order chi connectivity index (χ1) is 5.31. The maximum Gasteiger partial charge on any atom is 0.293 e. The monoisotopic (exact) mass is 158 g/mol. The van der Waals surface area contributed by atoms with Gasteiger partial charge in [0.2, 0.25) is 0 Å². The highest BCUT2D eigenvalue weighted by Crippen LogP contribution is 2.10. The summed E-state index contributed by atoms with van der Waals surface area (Å²) < 4.78 is 4.75. The zero-order valence-corrected chi connectivity index (χ0v) is 6.16. The van der Waals surface area contributed by atoms with E-state index in [1.165, 1.54) is 7.11 Å². The topological polar surface area (TPSA) is 78.4 Å². The number of nitrogens with one attached hydrogen (secondary N) is 1. The lowest BCUT2D eigenvalue weighted by Crippen LogP contribution is -1.91. The lowest BCUT2D eigenvalue weighted by molar-refractivity contribution is 0.255. The molecule has 5 heteroatoms. The van der Waals surface area contributed by atoms with Crippen molar-refractivity contribution in [2.24, 2.45) is 0 Å². The van der Waals surface area contributed by atoms with Crippen molar-refractivity contribution < 1.29 is 14.9 Å². The zero-order valence-electron chi connectivity index (χ0n) is 6.16. The predicted molar refractivity (Wildman–Crippen MR) is 37.0 cm³/mol. The Morgan fingerprint density at radius 3 is 2.55 bits per heavy atom. The van der Waals surface area contributed by atoms with Crippen LogP contribution in [-0.2, 0) is 13.2 Å². The Morgan fingerprint density at radius 1 is 1.45 bits per heavy atom. The zero-order chi connectivity index (χ0) is 8.27. The van der Waals surface area contributed by atoms with Gasteiger partial charge in [-0.05, 0) is 0 Å². The molecule has 1 aromatic heterocycles. The Kier molecular flexibility index (Phi) is 2.45. The maximum absolute atomic E-state index is 8.72. The summed E-state index contributed by atoms with van der Waals surface area (Å²) in [6.07, 6.45) is 0. The van der Waals surface area contributed by atoms with Crippen molar-refractivity contribution in [1.82, 2.24) is 9.97 Å². The van der Waals surface area contributed by atoms with Crippen molar-refractivity contribution in [1.29, 1.82) is 0 Å². The Balaban J connectivity index is 2.92. The van der Waals surface area contributed by atoms with Gasteiger partial charge in [0.15, 0.2) is 0 Å². The number of aliphatic hydroxyl groups is 2. The van der Waals surface area contributed by atoms with Crippen LogP contribution in [-0.4, -0.2) is 27.3 Å². The summed E-state index contributed by atoms with van der Waals surface area (Å²) in [5.41, 5.74) is 0.911. The number of aromatic nitrogens is 2. The summed E-state index contributed by atoms with van der Waals surface area (Å²) in [7, 11) is 1.46. The van der Waals surface area contributed by atoms with E-state index in [1.807, 2.05) is 0 Å². The lowest BCUT2D eigenvalue weighted by atomic mass is 10.3. The van der Waals surface area contributed by atoms with Gasteiger partial charge in [0.25, 0.3) is 6.01 Å². The second-order valence-corrected chi connectivity index (χ2v) is 1.99. The molecule has 11 heavy (non-hydrogen) atoms. The molecule has 62 valence electrons. The van der Waals surface area contributed by atoms with E-state index in [9.17, 15) is 0 Å². The summed E-state index contributed by atoms with van der Waals surface area (Å²) in [5.74, 6) is 0. The molecule has 0 saturated heterocycles. The van der Waals surface area contributed by atoms with E-state index in [4.69, 9.17) is 14.9 Å². The molecule has 3 N–H and O–H groups in total. The van der Waals surface area contributed by atoms with E-state index in [-0.39, 0.29) is 13.2 Å². The van der Waals surface area contributed by atoms with Gasteiger partial charge in [0.1, 0.15) is 0 Å². The Morgan fingerprint density at radius 2 is 2.18 bits per heavy atom. The standard InChI is InChI=1S/C6H10N2O3/c1-11-6-7-4(2-9)5(3-10)8-6/h9-10H,2-3H2,1H3,(H,7,8). The summed E-state index contributed by atoms with van der Waals surface area (Å²) in [4.78, 5) is 6.52. The van der Waals surface area contributed by atoms with Crippen LogP contribution >= 0.6 is 0 Å². The molecular weight excluding hydrogens is 148 g/mol. The van der Waals surface area contributed by atoms with Crippen LogP contribution in [0.5, 0.6) is 6.01 Å². The van der Waals surface area contributed by atoms with Crippen LogP contribution in [0.1, 0.15) is 11.4 Å². The van der Waals surface area contributed by atoms with E-state index < -0.39 is 0 Å². The Hall–Kier alpha value is -1.07. The highest BCUT2D eigenvalue weighted by molar-refractivity contribution is 5.15. The predicted octanol–water partition coefficient (Wildman–Crippen LogP) is -0.597. The second kappa shape index (κ2) is 3.36. The average Bonchev–Trinajstić information content (AvgIpc) is 2.46. The SMILES string of the molecule is COc1nc(CO)c(CO)[nH]1. The van der Waals surface area contributed by atoms with Gasteiger partial charge in [0, 0.05) is 0 Å². The van der Waals surface area contributed by atoms with Crippen LogP contribution in [0.3, 0.4) is 0 Å². The van der Waals surface area contributed by atoms with E-state index in [0.717, 1.165) is 0 Å². The molecule has 1 aromatic rings. The van der Waals surface area contributed by atoms with Gasteiger partial charge in [-0.15, -0.1) is 0 Å². The molecule has 1 heterocycles. The van der Waals surface area contributed by atoms with E-state index in [0.29, 0.717) is 17.4 Å². The van der Waals surface area contributed by atoms with Crippen LogP contribution in [0.25, 0.3) is 0 Å². The fourth-order valence-corrected chi connectivity index (χ4v) is 0.777. The fourth-order valence-electron chi connectivity index (χ4n) is 0.777. The number of imidazole rings is 1. The van der Waals surface area contributed by atoms with E-state index in [2.05, 4.69) is 9.97 Å². The van der Waals surface area contributed by atoms with Crippen LogP contribution in [0, 0.1) is 0 Å². The van der Waals surface area contributed by atoms with Crippen molar-refractivity contribution in [2.75, 3.05) is 7.11 Å². The molecular formula is C6H10N2O3. The van der Waals surface area contributed by atoms with Gasteiger partial charge in [-0.25, -0.2) is 0 Å². The number of aliphatic hydroxyl groups excluding tert-OH is 2. The van der Waals surface area contributed by atoms with Crippen molar-refractivity contribution in [2.45, 2.75) is 13.2 Å². The molecule has 0 fully saturated rings. The maximum atomic E-state index is 8.72. The molecule has 0 bridgehead atoms. The van der Waals surface area contributed by atoms with Crippen molar-refractivity contribution in [3.63, 3.8) is 0 Å². The minimum atomic E-state index is -0.199. The van der Waals surface area contributed by atoms with E-state index in [1.54, 1.807) is 0 Å². The molecule has 1 rings (SSSR count). The van der Waals surface area contributed by atoms with Gasteiger partial charge in [-0.2, -0.15) is 4.98 Å². The van der Waals surface area contributed by atoms with Crippen molar-refractivity contribution in [3.05, 3.63) is 11.4 Å². The Labute approximate surface area is 63.7 Å². The lowest BCUT2D eigenvalue weighted by Gasteiger charge is -1.90. The first-order valence-electron chi connectivity index (χ1n) is 3.15. The van der Waals surface area contributed by atoms with Crippen molar-refractivity contribution in [3.8, 4) is 6.01 Å². The van der Waals surface area contributed by atoms with Gasteiger partial charge in [-0.1, -0.05) is 0 Å². The number of hydrogen-bond donors (Lipinski definition) is 3. The number of H-pyrrole nitrogens is 1. The smallest absolute Gasteiger partial charge is 0.293 e.